The van der Waals surface area contributed by atoms with E-state index in [4.69, 9.17) is 13.9 Å². The zero-order valence-electron chi connectivity index (χ0n) is 14.7. The topological polar surface area (TPSA) is 81.0 Å². The van der Waals surface area contributed by atoms with E-state index in [2.05, 4.69) is 10.2 Å². The van der Waals surface area contributed by atoms with Gasteiger partial charge >= 0.3 is 0 Å². The summed E-state index contributed by atoms with van der Waals surface area (Å²) in [6, 6.07) is 8.40. The highest BCUT2D eigenvalue weighted by atomic mass is 16.5. The summed E-state index contributed by atoms with van der Waals surface area (Å²) in [4.78, 5) is 26.3. The molecule has 1 saturated heterocycles. The Balaban J connectivity index is 1.53. The molecule has 3 rings (SSSR count). The molecular weight excluding hydrogens is 336 g/mol. The van der Waals surface area contributed by atoms with Gasteiger partial charge in [-0.2, -0.15) is 0 Å². The van der Waals surface area contributed by atoms with Gasteiger partial charge in [0.2, 0.25) is 11.2 Å². The van der Waals surface area contributed by atoms with Gasteiger partial charge in [-0.05, 0) is 38.1 Å². The van der Waals surface area contributed by atoms with Crippen LogP contribution in [-0.2, 0) is 11.3 Å². The lowest BCUT2D eigenvalue weighted by molar-refractivity contribution is -0.118. The Bertz CT molecular complexity index is 812. The normalized spacial score (nSPS) is 14.2. The van der Waals surface area contributed by atoms with Gasteiger partial charge in [0.1, 0.15) is 17.8 Å². The number of methoxy groups -OCH3 is 1. The molecule has 0 aliphatic carbocycles. The van der Waals surface area contributed by atoms with Crippen molar-refractivity contribution in [2.45, 2.75) is 19.4 Å². The number of likely N-dealkylation sites (tertiary alicyclic amines) is 1. The standard InChI is InChI=1S/C19H22N2O5/c1-24-15-6-4-5-14(9-15)20-19(23)13-26-18-12-25-16(10-17(18)22)11-21-7-2-3-8-21/h4-6,9-10,12H,2-3,7-8,11,13H2,1H3,(H,20,23). The third kappa shape index (κ3) is 4.86. The molecule has 1 aromatic heterocycles. The van der Waals surface area contributed by atoms with E-state index in [1.165, 1.54) is 25.2 Å². The van der Waals surface area contributed by atoms with Gasteiger partial charge in [-0.15, -0.1) is 0 Å². The maximum absolute atomic E-state index is 12.1. The van der Waals surface area contributed by atoms with Crippen molar-refractivity contribution in [1.82, 2.24) is 4.90 Å². The molecule has 1 N–H and O–H groups in total. The lowest BCUT2D eigenvalue weighted by atomic mass is 10.3. The number of benzene rings is 1. The first-order valence-electron chi connectivity index (χ1n) is 8.55. The number of amides is 1. The van der Waals surface area contributed by atoms with Crippen LogP contribution in [0.15, 0.2) is 45.8 Å². The number of hydrogen-bond acceptors (Lipinski definition) is 6. The predicted molar refractivity (Wildman–Crippen MR) is 96.6 cm³/mol. The Morgan fingerprint density at radius 2 is 2.08 bits per heavy atom. The van der Waals surface area contributed by atoms with E-state index in [-0.39, 0.29) is 23.7 Å². The van der Waals surface area contributed by atoms with Crippen LogP contribution in [0.2, 0.25) is 0 Å². The van der Waals surface area contributed by atoms with Crippen molar-refractivity contribution >= 4 is 11.6 Å². The van der Waals surface area contributed by atoms with Crippen LogP contribution in [0.5, 0.6) is 11.5 Å². The van der Waals surface area contributed by atoms with Crippen molar-refractivity contribution < 1.29 is 18.7 Å². The first-order chi connectivity index (χ1) is 12.6. The van der Waals surface area contributed by atoms with Crippen LogP contribution in [0.25, 0.3) is 0 Å². The average Bonchev–Trinajstić information content (AvgIpc) is 3.14. The number of ether oxygens (including phenoxy) is 2. The zero-order chi connectivity index (χ0) is 18.4. The molecule has 1 fully saturated rings. The highest BCUT2D eigenvalue weighted by molar-refractivity contribution is 5.92. The summed E-state index contributed by atoms with van der Waals surface area (Å²) in [5.41, 5.74) is 0.297. The molecule has 26 heavy (non-hydrogen) atoms. The monoisotopic (exact) mass is 358 g/mol. The summed E-state index contributed by atoms with van der Waals surface area (Å²) in [5, 5.41) is 2.68. The lowest BCUT2D eigenvalue weighted by Crippen LogP contribution is -2.23. The lowest BCUT2D eigenvalue weighted by Gasteiger charge is -2.13. The number of hydrogen-bond donors (Lipinski definition) is 1. The third-order valence-electron chi connectivity index (χ3n) is 4.14. The summed E-state index contributed by atoms with van der Waals surface area (Å²) < 4.78 is 15.9. The highest BCUT2D eigenvalue weighted by Gasteiger charge is 2.14. The van der Waals surface area contributed by atoms with Gasteiger partial charge in [0, 0.05) is 17.8 Å². The first kappa shape index (κ1) is 18.0. The second-order valence-electron chi connectivity index (χ2n) is 6.13. The molecule has 138 valence electrons. The summed E-state index contributed by atoms with van der Waals surface area (Å²) in [5.74, 6) is 0.887. The van der Waals surface area contributed by atoms with E-state index in [1.807, 2.05) is 0 Å². The first-order valence-corrected chi connectivity index (χ1v) is 8.55. The van der Waals surface area contributed by atoms with Crippen LogP contribution >= 0.6 is 0 Å². The Morgan fingerprint density at radius 1 is 1.27 bits per heavy atom. The highest BCUT2D eigenvalue weighted by Crippen LogP contribution is 2.17. The van der Waals surface area contributed by atoms with Gasteiger partial charge in [-0.25, -0.2) is 0 Å². The van der Waals surface area contributed by atoms with Crippen molar-refractivity contribution in [3.05, 3.63) is 52.6 Å². The summed E-state index contributed by atoms with van der Waals surface area (Å²) in [7, 11) is 1.55. The molecule has 7 nitrogen and oxygen atoms in total. The van der Waals surface area contributed by atoms with Gasteiger partial charge in [0.25, 0.3) is 5.91 Å². The minimum atomic E-state index is -0.376. The van der Waals surface area contributed by atoms with Crippen molar-refractivity contribution in [3.8, 4) is 11.5 Å². The van der Waals surface area contributed by atoms with Crippen molar-refractivity contribution in [2.24, 2.45) is 0 Å². The Labute approximate surface area is 151 Å². The third-order valence-corrected chi connectivity index (χ3v) is 4.14. The number of carbonyl (C=O) groups excluding carboxylic acids is 1. The summed E-state index contributed by atoms with van der Waals surface area (Å²) >= 11 is 0. The average molecular weight is 358 g/mol. The van der Waals surface area contributed by atoms with Crippen LogP contribution in [0.4, 0.5) is 5.69 Å². The summed E-state index contributed by atoms with van der Waals surface area (Å²) in [6.07, 6.45) is 3.62. The molecule has 0 spiro atoms. The minimum Gasteiger partial charge on any atom is -0.497 e. The second-order valence-corrected chi connectivity index (χ2v) is 6.13. The SMILES string of the molecule is COc1cccc(NC(=O)COc2coc(CN3CCCC3)cc2=O)c1. The smallest absolute Gasteiger partial charge is 0.262 e. The van der Waals surface area contributed by atoms with E-state index in [0.717, 1.165) is 13.1 Å². The molecule has 0 saturated carbocycles. The molecule has 7 heteroatoms. The molecule has 1 aliphatic heterocycles. The number of nitrogens with zero attached hydrogens (tertiary/aromatic N) is 1. The quantitative estimate of drug-likeness (QED) is 0.818. The zero-order valence-corrected chi connectivity index (χ0v) is 14.7. The van der Waals surface area contributed by atoms with Crippen molar-refractivity contribution in [1.29, 1.82) is 0 Å². The van der Waals surface area contributed by atoms with Gasteiger partial charge < -0.3 is 19.2 Å². The molecule has 0 unspecified atom stereocenters. The fraction of sp³-hybridized carbons (Fsp3) is 0.368. The van der Waals surface area contributed by atoms with E-state index in [9.17, 15) is 9.59 Å². The van der Waals surface area contributed by atoms with Crippen molar-refractivity contribution in [3.63, 3.8) is 0 Å². The van der Waals surface area contributed by atoms with Crippen LogP contribution in [0.3, 0.4) is 0 Å². The Morgan fingerprint density at radius 3 is 2.81 bits per heavy atom. The van der Waals surface area contributed by atoms with Gasteiger partial charge in [-0.1, -0.05) is 6.07 Å². The molecule has 0 bridgehead atoms. The molecule has 1 aliphatic rings. The predicted octanol–water partition coefficient (Wildman–Crippen LogP) is 2.26. The maximum Gasteiger partial charge on any atom is 0.262 e. The second kappa shape index (κ2) is 8.53. The van der Waals surface area contributed by atoms with Gasteiger partial charge in [0.15, 0.2) is 6.61 Å². The largest absolute Gasteiger partial charge is 0.497 e. The van der Waals surface area contributed by atoms with E-state index >= 15 is 0 Å². The molecule has 2 aromatic rings. The van der Waals surface area contributed by atoms with Crippen LogP contribution in [0.1, 0.15) is 18.6 Å². The van der Waals surface area contributed by atoms with E-state index < -0.39 is 0 Å². The van der Waals surface area contributed by atoms with Crippen LogP contribution in [0, 0.1) is 0 Å². The molecule has 0 atom stereocenters. The number of anilines is 1. The number of rotatable bonds is 7. The number of nitrogens with one attached hydrogen (secondary N) is 1. The fourth-order valence-corrected chi connectivity index (χ4v) is 2.83. The fourth-order valence-electron chi connectivity index (χ4n) is 2.83. The van der Waals surface area contributed by atoms with E-state index in [1.54, 1.807) is 31.4 Å². The van der Waals surface area contributed by atoms with Crippen LogP contribution in [-0.4, -0.2) is 37.6 Å². The van der Waals surface area contributed by atoms with Gasteiger partial charge in [-0.3, -0.25) is 14.5 Å². The van der Waals surface area contributed by atoms with Crippen LogP contribution < -0.4 is 20.2 Å². The molecular formula is C19H22N2O5. The molecule has 0 radical (unpaired) electrons. The van der Waals surface area contributed by atoms with Crippen molar-refractivity contribution in [2.75, 3.05) is 32.1 Å². The molecule has 1 aromatic carbocycles. The van der Waals surface area contributed by atoms with E-state index in [0.29, 0.717) is 23.7 Å². The Kier molecular flexibility index (Phi) is 5.91. The molecule has 1 amide bonds. The minimum absolute atomic E-state index is 0.0240. The summed E-state index contributed by atoms with van der Waals surface area (Å²) in [6.45, 7) is 2.37. The Hall–Kier alpha value is -2.80. The number of carbonyl (C=O) groups is 1. The maximum atomic E-state index is 12.1. The molecule has 2 heterocycles. The van der Waals surface area contributed by atoms with Gasteiger partial charge in [0.05, 0.1) is 13.7 Å².